The van der Waals surface area contributed by atoms with Gasteiger partial charge in [0.15, 0.2) is 5.60 Å². The fourth-order valence-electron chi connectivity index (χ4n) is 0.981. The minimum Gasteiger partial charge on any atom is -0.392 e. The third-order valence-corrected chi connectivity index (χ3v) is 2.70. The third-order valence-electron chi connectivity index (χ3n) is 1.81. The van der Waals surface area contributed by atoms with Crippen LogP contribution in [-0.2, 0) is 10.4 Å². The van der Waals surface area contributed by atoms with E-state index in [-0.39, 0.29) is 0 Å². The molecule has 1 aromatic carbocycles. The predicted molar refractivity (Wildman–Crippen MR) is 56.5 cm³/mol. The average molecular weight is 292 g/mol. The minimum atomic E-state index is -1.76. The fraction of sp³-hybridized carbons (Fsp3) is 0.222. The Morgan fingerprint density at radius 3 is 2.31 bits per heavy atom. The molecule has 3 nitrogen and oxygen atoms in total. The summed E-state index contributed by atoms with van der Waals surface area (Å²) in [6.07, 6.45) is 0. The number of aliphatic hydroxyl groups is 2. The number of halogens is 1. The Morgan fingerprint density at radius 1 is 1.38 bits per heavy atom. The van der Waals surface area contributed by atoms with E-state index in [1.165, 1.54) is 22.6 Å². The molecule has 0 fully saturated rings. The maximum absolute atomic E-state index is 11.1. The Hall–Kier alpha value is -0.460. The van der Waals surface area contributed by atoms with Crippen molar-refractivity contribution in [1.82, 2.24) is 0 Å². The summed E-state index contributed by atoms with van der Waals surface area (Å²) in [5.74, 6) is 0. The summed E-state index contributed by atoms with van der Waals surface area (Å²) in [4.78, 5) is 11.1. The van der Waals surface area contributed by atoms with E-state index >= 15 is 0 Å². The minimum absolute atomic E-state index is 0.414. The molecule has 0 aliphatic carbocycles. The number of hydrogen-bond acceptors (Lipinski definition) is 3. The van der Waals surface area contributed by atoms with Gasteiger partial charge in [-0.2, -0.15) is 0 Å². The second-order valence-corrected chi connectivity index (χ2v) is 3.64. The van der Waals surface area contributed by atoms with Crippen LogP contribution in [0.25, 0.3) is 0 Å². The lowest BCUT2D eigenvalue weighted by atomic mass is 9.97. The van der Waals surface area contributed by atoms with E-state index in [2.05, 4.69) is 0 Å². The Morgan fingerprint density at radius 2 is 1.92 bits per heavy atom. The van der Waals surface area contributed by atoms with Gasteiger partial charge in [0.1, 0.15) is 0 Å². The van der Waals surface area contributed by atoms with Gasteiger partial charge in [0.25, 0.3) is 0 Å². The lowest BCUT2D eigenvalue weighted by Crippen LogP contribution is -2.36. The van der Waals surface area contributed by atoms with Crippen LogP contribution in [0.4, 0.5) is 0 Å². The molecule has 2 N–H and O–H groups in total. The largest absolute Gasteiger partial charge is 0.392 e. The van der Waals surface area contributed by atoms with Crippen LogP contribution in [0.5, 0.6) is 0 Å². The normalized spacial score (nSPS) is 15.0. The fourth-order valence-corrected chi connectivity index (χ4v) is 1.46. The van der Waals surface area contributed by atoms with Gasteiger partial charge in [-0.3, -0.25) is 4.79 Å². The topological polar surface area (TPSA) is 57.5 Å². The second kappa shape index (κ2) is 4.17. The van der Waals surface area contributed by atoms with Crippen LogP contribution in [-0.4, -0.2) is 20.6 Å². The van der Waals surface area contributed by atoms with Crippen molar-refractivity contribution in [3.05, 3.63) is 35.9 Å². The van der Waals surface area contributed by atoms with Crippen molar-refractivity contribution in [2.45, 2.75) is 5.60 Å². The number of carbonyl (C=O) groups excluding carboxylic acids is 1. The van der Waals surface area contributed by atoms with Gasteiger partial charge < -0.3 is 10.2 Å². The van der Waals surface area contributed by atoms with Gasteiger partial charge in [-0.05, 0) is 5.56 Å². The molecule has 1 aromatic rings. The van der Waals surface area contributed by atoms with Crippen LogP contribution in [0.2, 0.25) is 0 Å². The van der Waals surface area contributed by atoms with Crippen molar-refractivity contribution in [2.75, 3.05) is 6.61 Å². The Bertz CT molecular complexity index is 299. The summed E-state index contributed by atoms with van der Waals surface area (Å²) in [7, 11) is 0. The number of benzene rings is 1. The van der Waals surface area contributed by atoms with E-state index in [1.54, 1.807) is 30.3 Å². The number of rotatable bonds is 3. The van der Waals surface area contributed by atoms with Crippen molar-refractivity contribution in [3.63, 3.8) is 0 Å². The van der Waals surface area contributed by atoms with Gasteiger partial charge in [0, 0.05) is 22.6 Å². The Kier molecular flexibility index (Phi) is 3.40. The van der Waals surface area contributed by atoms with Gasteiger partial charge >= 0.3 is 0 Å². The molecular weight excluding hydrogens is 283 g/mol. The average Bonchev–Trinajstić information content (AvgIpc) is 2.17. The van der Waals surface area contributed by atoms with E-state index in [9.17, 15) is 9.90 Å². The first-order valence-corrected chi connectivity index (χ1v) is 4.78. The van der Waals surface area contributed by atoms with Crippen LogP contribution in [0.1, 0.15) is 5.56 Å². The van der Waals surface area contributed by atoms with Crippen LogP contribution in [0, 0.1) is 0 Å². The van der Waals surface area contributed by atoms with Crippen molar-refractivity contribution in [3.8, 4) is 0 Å². The summed E-state index contributed by atoms with van der Waals surface area (Å²) in [6, 6.07) is 8.39. The lowest BCUT2D eigenvalue weighted by molar-refractivity contribution is -0.131. The van der Waals surface area contributed by atoms with Gasteiger partial charge in [-0.15, -0.1) is 0 Å². The molecule has 0 saturated heterocycles. The molecule has 0 bridgehead atoms. The predicted octanol–water partition coefficient (Wildman–Crippen LogP) is 0.828. The van der Waals surface area contributed by atoms with Crippen molar-refractivity contribution < 1.29 is 15.0 Å². The molecular formula is C9H9IO3. The Balaban J connectivity index is 3.11. The first-order valence-electron chi connectivity index (χ1n) is 3.70. The SMILES string of the molecule is O=C(I)C(O)(CO)c1ccccc1. The highest BCUT2D eigenvalue weighted by Gasteiger charge is 2.35. The number of carbonyl (C=O) groups is 1. The standard InChI is InChI=1S/C9H9IO3/c10-8(12)9(13,6-11)7-4-2-1-3-5-7/h1-5,11,13H,6H2. The molecule has 0 amide bonds. The first kappa shape index (κ1) is 10.6. The van der Waals surface area contributed by atoms with Gasteiger partial charge in [-0.1, -0.05) is 30.3 Å². The third kappa shape index (κ3) is 2.07. The van der Waals surface area contributed by atoms with Crippen LogP contribution in [0.3, 0.4) is 0 Å². The maximum Gasteiger partial charge on any atom is 0.230 e. The van der Waals surface area contributed by atoms with E-state index < -0.39 is 16.0 Å². The zero-order valence-corrected chi connectivity index (χ0v) is 8.93. The monoisotopic (exact) mass is 292 g/mol. The zero-order valence-electron chi connectivity index (χ0n) is 6.77. The highest BCUT2D eigenvalue weighted by Crippen LogP contribution is 2.24. The lowest BCUT2D eigenvalue weighted by Gasteiger charge is -2.21. The quantitative estimate of drug-likeness (QED) is 0.641. The van der Waals surface area contributed by atoms with Crippen LogP contribution < -0.4 is 0 Å². The van der Waals surface area contributed by atoms with Crippen LogP contribution >= 0.6 is 22.6 Å². The van der Waals surface area contributed by atoms with Gasteiger partial charge in [-0.25, -0.2) is 0 Å². The van der Waals surface area contributed by atoms with Gasteiger partial charge in [0.05, 0.1) is 6.61 Å². The summed E-state index contributed by atoms with van der Waals surface area (Å²) < 4.78 is -0.487. The van der Waals surface area contributed by atoms with E-state index in [1.807, 2.05) is 0 Å². The van der Waals surface area contributed by atoms with Crippen molar-refractivity contribution >= 4 is 26.4 Å². The van der Waals surface area contributed by atoms with E-state index in [4.69, 9.17) is 5.11 Å². The molecule has 1 unspecified atom stereocenters. The van der Waals surface area contributed by atoms with E-state index in [0.29, 0.717) is 5.56 Å². The highest BCUT2D eigenvalue weighted by atomic mass is 127. The zero-order chi connectivity index (χ0) is 9.90. The molecule has 1 rings (SSSR count). The molecule has 70 valence electrons. The molecule has 13 heavy (non-hydrogen) atoms. The number of hydrogen-bond donors (Lipinski definition) is 2. The molecule has 0 saturated carbocycles. The highest BCUT2D eigenvalue weighted by molar-refractivity contribution is 14.1. The Labute approximate surface area is 89.5 Å². The first-order chi connectivity index (χ1) is 6.11. The summed E-state index contributed by atoms with van der Waals surface area (Å²) in [5, 5.41) is 18.7. The molecule has 0 radical (unpaired) electrons. The second-order valence-electron chi connectivity index (χ2n) is 2.66. The molecule has 0 aromatic heterocycles. The van der Waals surface area contributed by atoms with Crippen molar-refractivity contribution in [1.29, 1.82) is 0 Å². The molecule has 0 aliphatic rings. The summed E-state index contributed by atoms with van der Waals surface area (Å²) in [5.41, 5.74) is -1.35. The number of aliphatic hydroxyl groups excluding tert-OH is 1. The smallest absolute Gasteiger partial charge is 0.230 e. The molecule has 4 heteroatoms. The summed E-state index contributed by atoms with van der Waals surface area (Å²) >= 11 is 1.48. The van der Waals surface area contributed by atoms with Crippen molar-refractivity contribution in [2.24, 2.45) is 0 Å². The summed E-state index contributed by atoms with van der Waals surface area (Å²) in [6.45, 7) is -0.598. The maximum atomic E-state index is 11.1. The van der Waals surface area contributed by atoms with Gasteiger partial charge in [0.2, 0.25) is 3.79 Å². The molecule has 0 aliphatic heterocycles. The molecule has 1 atom stereocenters. The van der Waals surface area contributed by atoms with Crippen LogP contribution in [0.15, 0.2) is 30.3 Å². The van der Waals surface area contributed by atoms with E-state index in [0.717, 1.165) is 0 Å². The molecule has 0 heterocycles. The molecule has 0 spiro atoms.